The van der Waals surface area contributed by atoms with Crippen LogP contribution in [-0.4, -0.2) is 210 Å². The van der Waals surface area contributed by atoms with E-state index in [0.29, 0.717) is 18.5 Å². The number of hydrogen-bond donors (Lipinski definition) is 4. The van der Waals surface area contributed by atoms with Gasteiger partial charge in [-0.2, -0.15) is 0 Å². The van der Waals surface area contributed by atoms with Gasteiger partial charge in [0.1, 0.15) is 54.4 Å². The number of nitrogens with one attached hydrogen (secondary N) is 4. The molecule has 0 radical (unpaired) electrons. The van der Waals surface area contributed by atoms with Gasteiger partial charge >= 0.3 is 0 Å². The SMILES string of the molecule is C=C1N[C@@H](CC)C(=O)N(C)CC(=O)N(C)[C@@H](CC(C)C)C(=O)NC(C(C)C)C(=O)N(C)[C@@H](CC(C)C)C(=O)N[C@@H](C)C(=O)N[C@H](C)C(=O)N(C)[C@@H](CC(C)C)C(=O)N(C)[C@@H](CC(C)C)C(=O)N(C)C(C(C)C)C(=O)N(C)[C@H]1C[C@H](C)C/C=C/C. The van der Waals surface area contributed by atoms with Crippen molar-refractivity contribution in [1.29, 1.82) is 0 Å². The fourth-order valence-electron chi connectivity index (χ4n) is 10.8. The number of likely N-dealkylation sites (N-methyl/N-ethyl adjacent to an activating group) is 7. The number of hydrogen-bond acceptors (Lipinski definition) is 11. The highest BCUT2D eigenvalue weighted by Crippen LogP contribution is 2.26. The van der Waals surface area contributed by atoms with Gasteiger partial charge in [-0.3, -0.25) is 47.9 Å². The quantitative estimate of drug-likeness (QED) is 0.154. The second-order valence-corrected chi connectivity index (χ2v) is 26.2. The molecular weight excluding hydrogens is 1070 g/mol. The molecule has 1 aliphatic rings. The molecule has 0 aromatic carbocycles. The number of allylic oxidation sites excluding steroid dienone is 2. The average molecular weight is 1180 g/mol. The Labute approximate surface area is 505 Å². The summed E-state index contributed by atoms with van der Waals surface area (Å²) in [4.78, 5) is 155. The molecule has 0 saturated carbocycles. The topological polar surface area (TPSA) is 242 Å². The zero-order chi connectivity index (χ0) is 65.1. The number of rotatable bonds is 15. The second-order valence-electron chi connectivity index (χ2n) is 26.2. The molecule has 21 nitrogen and oxygen atoms in total. The summed E-state index contributed by atoms with van der Waals surface area (Å²) in [6, 6.07) is -10.4. The largest absolute Gasteiger partial charge is 0.376 e. The summed E-state index contributed by atoms with van der Waals surface area (Å²) in [5.74, 6) is -6.74. The molecule has 21 heteroatoms. The smallest absolute Gasteiger partial charge is 0.245 e. The summed E-state index contributed by atoms with van der Waals surface area (Å²) in [5.41, 5.74) is 0.374. The molecule has 480 valence electrons. The highest BCUT2D eigenvalue weighted by molar-refractivity contribution is 5.98. The molecule has 1 heterocycles. The van der Waals surface area contributed by atoms with Crippen molar-refractivity contribution in [2.75, 3.05) is 55.9 Å². The highest BCUT2D eigenvalue weighted by atomic mass is 16.2. The molecule has 10 amide bonds. The first-order valence-corrected chi connectivity index (χ1v) is 30.6. The van der Waals surface area contributed by atoms with Crippen LogP contribution in [0.3, 0.4) is 0 Å². The second kappa shape index (κ2) is 34.8. The van der Waals surface area contributed by atoms with Crippen LogP contribution in [0.2, 0.25) is 0 Å². The van der Waals surface area contributed by atoms with Crippen LogP contribution in [0.15, 0.2) is 24.4 Å². The van der Waals surface area contributed by atoms with Crippen molar-refractivity contribution in [2.45, 2.75) is 223 Å². The average Bonchev–Trinajstić information content (AvgIpc) is 2.80. The van der Waals surface area contributed by atoms with Crippen molar-refractivity contribution in [3.05, 3.63) is 24.4 Å². The summed E-state index contributed by atoms with van der Waals surface area (Å²) in [6.07, 6.45) is 6.21. The Morgan fingerprint density at radius 2 is 0.881 bits per heavy atom. The van der Waals surface area contributed by atoms with Gasteiger partial charge in [-0.25, -0.2) is 0 Å². The van der Waals surface area contributed by atoms with Crippen molar-refractivity contribution in [3.63, 3.8) is 0 Å². The van der Waals surface area contributed by atoms with Crippen LogP contribution < -0.4 is 21.3 Å². The maximum atomic E-state index is 15.2. The zero-order valence-electron chi connectivity index (χ0n) is 56.0. The fourth-order valence-corrected chi connectivity index (χ4v) is 10.8. The Morgan fingerprint density at radius 1 is 0.464 bits per heavy atom. The third kappa shape index (κ3) is 21.8. The molecular formula is C63H113N11O10. The molecule has 0 spiro atoms. The van der Waals surface area contributed by atoms with Crippen LogP contribution in [0.1, 0.15) is 163 Å². The fraction of sp³-hybridized carbons (Fsp3) is 0.778. The standard InChI is InChI=1S/C63H113N11O10/c1-26-28-29-42(15)34-47-43(16)64-46(27-2)59(80)68(19)35-52(75)69(20)48(30-36(3)4)57(78)67-53(40(11)12)62(83)71(22)49(31-37(5)6)56(77)65-44(17)55(76)66-45(18)58(79)72(23)50(32-38(7)8)60(81)73(24)51(33-39(9)10)61(82)74(25)54(41(13)14)63(84)70(47)21/h26,28,36-42,44-51,53-54,64H,16,27,29-35H2,1-15,17-25H3,(H,65,77)(H,66,76)(H,67,78)/b28-26+/t42-,44+,45-,46+,47+,48+,49+,50+,51+,53?,54?/m1/s1. The van der Waals surface area contributed by atoms with E-state index < -0.39 is 138 Å². The summed E-state index contributed by atoms with van der Waals surface area (Å²) < 4.78 is 0. The van der Waals surface area contributed by atoms with Crippen LogP contribution >= 0.6 is 0 Å². The van der Waals surface area contributed by atoms with Gasteiger partial charge < -0.3 is 55.6 Å². The predicted octanol–water partition coefficient (Wildman–Crippen LogP) is 5.29. The Hall–Kier alpha value is -6.02. The van der Waals surface area contributed by atoms with Crippen LogP contribution in [0.4, 0.5) is 0 Å². The lowest BCUT2D eigenvalue weighted by Gasteiger charge is -2.41. The van der Waals surface area contributed by atoms with E-state index in [1.54, 1.807) is 32.8 Å². The summed E-state index contributed by atoms with van der Waals surface area (Å²) in [6.45, 7) is 35.2. The maximum Gasteiger partial charge on any atom is 0.245 e. The normalized spacial score (nSPS) is 26.7. The predicted molar refractivity (Wildman–Crippen MR) is 331 cm³/mol. The van der Waals surface area contributed by atoms with Gasteiger partial charge in [-0.1, -0.05) is 116 Å². The van der Waals surface area contributed by atoms with Crippen LogP contribution in [0.25, 0.3) is 0 Å². The first kappa shape index (κ1) is 76.0. The minimum Gasteiger partial charge on any atom is -0.376 e. The lowest BCUT2D eigenvalue weighted by atomic mass is 9.93. The molecule has 0 aliphatic carbocycles. The van der Waals surface area contributed by atoms with Crippen molar-refractivity contribution in [3.8, 4) is 0 Å². The minimum atomic E-state index is -1.20. The van der Waals surface area contributed by atoms with Crippen LogP contribution in [0, 0.1) is 41.4 Å². The molecule has 0 aromatic heterocycles. The summed E-state index contributed by atoms with van der Waals surface area (Å²) in [5, 5.41) is 11.6. The number of amides is 10. The Morgan fingerprint density at radius 3 is 1.33 bits per heavy atom. The third-order valence-electron chi connectivity index (χ3n) is 16.1. The van der Waals surface area contributed by atoms with Gasteiger partial charge in [-0.15, -0.1) is 0 Å². The molecule has 1 fully saturated rings. The molecule has 4 N–H and O–H groups in total. The third-order valence-corrected chi connectivity index (χ3v) is 16.1. The highest BCUT2D eigenvalue weighted by Gasteiger charge is 2.43. The van der Waals surface area contributed by atoms with E-state index in [1.165, 1.54) is 78.5 Å². The maximum absolute atomic E-state index is 15.2. The van der Waals surface area contributed by atoms with E-state index in [2.05, 4.69) is 34.8 Å². The molecule has 1 rings (SSSR count). The van der Waals surface area contributed by atoms with E-state index >= 15 is 9.59 Å². The van der Waals surface area contributed by atoms with Gasteiger partial charge in [0.25, 0.3) is 0 Å². The first-order chi connectivity index (χ1) is 38.8. The lowest BCUT2D eigenvalue weighted by Crippen LogP contribution is -2.61. The van der Waals surface area contributed by atoms with Gasteiger partial charge in [-0.05, 0) is 107 Å². The van der Waals surface area contributed by atoms with Crippen LogP contribution in [0.5, 0.6) is 0 Å². The molecule has 84 heavy (non-hydrogen) atoms. The van der Waals surface area contributed by atoms with Crippen molar-refractivity contribution in [1.82, 2.24) is 55.6 Å². The molecule has 1 aliphatic heterocycles. The molecule has 0 aromatic rings. The Kier molecular flexibility index (Phi) is 31.5. The first-order valence-electron chi connectivity index (χ1n) is 30.6. The van der Waals surface area contributed by atoms with Crippen molar-refractivity contribution in [2.24, 2.45) is 41.4 Å². The van der Waals surface area contributed by atoms with E-state index in [0.717, 1.165) is 0 Å². The van der Waals surface area contributed by atoms with Crippen LogP contribution in [-0.2, 0) is 47.9 Å². The van der Waals surface area contributed by atoms with E-state index in [1.807, 2.05) is 95.2 Å². The van der Waals surface area contributed by atoms with Crippen molar-refractivity contribution < 1.29 is 47.9 Å². The zero-order valence-corrected chi connectivity index (χ0v) is 56.0. The molecule has 2 unspecified atom stereocenters. The summed E-state index contributed by atoms with van der Waals surface area (Å²) in [7, 11) is 10.7. The molecule has 0 bridgehead atoms. The lowest BCUT2D eigenvalue weighted by molar-refractivity contribution is -0.155. The van der Waals surface area contributed by atoms with E-state index in [9.17, 15) is 38.4 Å². The van der Waals surface area contributed by atoms with Gasteiger partial charge in [0.05, 0.1) is 12.6 Å². The van der Waals surface area contributed by atoms with E-state index in [-0.39, 0.29) is 61.7 Å². The summed E-state index contributed by atoms with van der Waals surface area (Å²) >= 11 is 0. The van der Waals surface area contributed by atoms with Gasteiger partial charge in [0, 0.05) is 55.0 Å². The van der Waals surface area contributed by atoms with Crippen molar-refractivity contribution >= 4 is 59.1 Å². The molecule has 1 saturated heterocycles. The Balaban J connectivity index is 4.27. The van der Waals surface area contributed by atoms with Gasteiger partial charge in [0.15, 0.2) is 0 Å². The monoisotopic (exact) mass is 1180 g/mol. The number of carbonyl (C=O) groups is 10. The minimum absolute atomic E-state index is 0.0280. The number of carbonyl (C=O) groups excluding carboxylic acids is 10. The van der Waals surface area contributed by atoms with E-state index in [4.69, 9.17) is 0 Å². The molecule has 11 atom stereocenters. The van der Waals surface area contributed by atoms with Gasteiger partial charge in [0.2, 0.25) is 59.1 Å². The Bertz CT molecular complexity index is 2280. The number of nitrogens with zero attached hydrogens (tertiary/aromatic N) is 7.